The zero-order valence-electron chi connectivity index (χ0n) is 9.90. The third-order valence-corrected chi connectivity index (χ3v) is 3.01. The summed E-state index contributed by atoms with van der Waals surface area (Å²) < 4.78 is 0. The number of hydrazone groups is 1. The van der Waals surface area contributed by atoms with E-state index in [4.69, 9.17) is 0 Å². The van der Waals surface area contributed by atoms with Crippen LogP contribution in [0, 0.1) is 13.8 Å². The maximum Gasteiger partial charge on any atom is 0.144 e. The van der Waals surface area contributed by atoms with Crippen molar-refractivity contribution in [3.63, 3.8) is 0 Å². The van der Waals surface area contributed by atoms with Crippen molar-refractivity contribution in [2.75, 3.05) is 5.01 Å². The zero-order chi connectivity index (χ0) is 11.7. The van der Waals surface area contributed by atoms with Gasteiger partial charge in [-0.15, -0.1) is 0 Å². The molecule has 0 aliphatic carbocycles. The Morgan fingerprint density at radius 3 is 2.69 bits per heavy atom. The molecule has 0 bridgehead atoms. The Balaban J connectivity index is 2.36. The lowest BCUT2D eigenvalue weighted by Gasteiger charge is -2.19. The van der Waals surface area contributed by atoms with Gasteiger partial charge in [-0.1, -0.05) is 6.07 Å². The minimum atomic E-state index is -0.137. The van der Waals surface area contributed by atoms with Gasteiger partial charge in [-0.25, -0.2) is 0 Å². The van der Waals surface area contributed by atoms with Gasteiger partial charge in [0.15, 0.2) is 0 Å². The summed E-state index contributed by atoms with van der Waals surface area (Å²) in [5, 5.41) is 6.21. The van der Waals surface area contributed by atoms with Crippen LogP contribution in [0.15, 0.2) is 23.3 Å². The number of hydrogen-bond acceptors (Lipinski definition) is 3. The van der Waals surface area contributed by atoms with E-state index in [1.54, 1.807) is 0 Å². The van der Waals surface area contributed by atoms with E-state index in [-0.39, 0.29) is 6.04 Å². The van der Waals surface area contributed by atoms with E-state index in [1.165, 1.54) is 11.1 Å². The summed E-state index contributed by atoms with van der Waals surface area (Å²) in [6.45, 7) is 6.10. The van der Waals surface area contributed by atoms with Crippen LogP contribution in [-0.2, 0) is 4.79 Å². The normalized spacial score (nSPS) is 19.8. The summed E-state index contributed by atoms with van der Waals surface area (Å²) >= 11 is 0. The molecule has 0 N–H and O–H groups in total. The summed E-state index contributed by atoms with van der Waals surface area (Å²) in [5.41, 5.74) is 4.49. The summed E-state index contributed by atoms with van der Waals surface area (Å²) in [6.07, 6.45) is 1.70. The van der Waals surface area contributed by atoms with Gasteiger partial charge in [-0.2, -0.15) is 5.10 Å². The van der Waals surface area contributed by atoms with Gasteiger partial charge in [-0.05, 0) is 44.0 Å². The minimum Gasteiger partial charge on any atom is -0.301 e. The molecule has 84 valence electrons. The van der Waals surface area contributed by atoms with Crippen molar-refractivity contribution in [2.45, 2.75) is 33.2 Å². The average Bonchev–Trinajstić information content (AvgIpc) is 2.63. The van der Waals surface area contributed by atoms with Crippen LogP contribution in [0.5, 0.6) is 0 Å². The lowest BCUT2D eigenvalue weighted by molar-refractivity contribution is -0.108. The highest BCUT2D eigenvalue weighted by atomic mass is 16.1. The third kappa shape index (κ3) is 1.85. The molecule has 1 heterocycles. The zero-order valence-corrected chi connectivity index (χ0v) is 9.90. The van der Waals surface area contributed by atoms with Crippen molar-refractivity contribution in [1.82, 2.24) is 0 Å². The second-order valence-electron chi connectivity index (χ2n) is 4.36. The topological polar surface area (TPSA) is 32.7 Å². The predicted octanol–water partition coefficient (Wildman–Crippen LogP) is 2.46. The van der Waals surface area contributed by atoms with Gasteiger partial charge in [0.1, 0.15) is 12.3 Å². The van der Waals surface area contributed by atoms with Gasteiger partial charge in [0.05, 0.1) is 5.69 Å². The fraction of sp³-hybridized carbons (Fsp3) is 0.385. The highest BCUT2D eigenvalue weighted by molar-refractivity contribution is 5.91. The van der Waals surface area contributed by atoms with Gasteiger partial charge in [0, 0.05) is 12.1 Å². The Morgan fingerprint density at radius 2 is 2.06 bits per heavy atom. The first-order valence-corrected chi connectivity index (χ1v) is 5.47. The first-order valence-electron chi connectivity index (χ1n) is 5.47. The number of carbonyl (C=O) groups excluding carboxylic acids is 1. The largest absolute Gasteiger partial charge is 0.301 e. The van der Waals surface area contributed by atoms with E-state index in [0.29, 0.717) is 0 Å². The Kier molecular flexibility index (Phi) is 2.77. The Bertz CT molecular complexity index is 451. The summed E-state index contributed by atoms with van der Waals surface area (Å²) in [5.74, 6) is 0. The molecule has 1 aliphatic rings. The van der Waals surface area contributed by atoms with Crippen LogP contribution in [0.25, 0.3) is 0 Å². The molecule has 0 radical (unpaired) electrons. The molecule has 0 fully saturated rings. The van der Waals surface area contributed by atoms with E-state index in [2.05, 4.69) is 31.1 Å². The Hall–Kier alpha value is -1.64. The lowest BCUT2D eigenvalue weighted by Crippen LogP contribution is -2.27. The maximum atomic E-state index is 11.0. The van der Waals surface area contributed by atoms with Crippen molar-refractivity contribution in [3.8, 4) is 0 Å². The van der Waals surface area contributed by atoms with Crippen molar-refractivity contribution in [2.24, 2.45) is 5.10 Å². The summed E-state index contributed by atoms with van der Waals surface area (Å²) in [4.78, 5) is 11.0. The SMILES string of the molecule is CC1=NN(c2ccc(C)c(C)c2)C(C=O)C1. The summed E-state index contributed by atoms with van der Waals surface area (Å²) in [6, 6.07) is 6.02. The molecule has 1 aliphatic heterocycles. The van der Waals surface area contributed by atoms with Crippen LogP contribution >= 0.6 is 0 Å². The molecule has 0 spiro atoms. The van der Waals surface area contributed by atoms with Gasteiger partial charge in [0.25, 0.3) is 0 Å². The van der Waals surface area contributed by atoms with Gasteiger partial charge in [0.2, 0.25) is 0 Å². The molecule has 16 heavy (non-hydrogen) atoms. The highest BCUT2D eigenvalue weighted by Crippen LogP contribution is 2.25. The molecule has 3 nitrogen and oxygen atoms in total. The molecule has 0 aromatic heterocycles. The van der Waals surface area contributed by atoms with Crippen molar-refractivity contribution in [3.05, 3.63) is 29.3 Å². The number of nitrogens with zero attached hydrogens (tertiary/aromatic N) is 2. The molecule has 1 unspecified atom stereocenters. The average molecular weight is 216 g/mol. The number of aryl methyl sites for hydroxylation is 2. The van der Waals surface area contributed by atoms with Crippen LogP contribution in [0.4, 0.5) is 5.69 Å². The van der Waals surface area contributed by atoms with Crippen molar-refractivity contribution in [1.29, 1.82) is 0 Å². The second-order valence-corrected chi connectivity index (χ2v) is 4.36. The second kappa shape index (κ2) is 4.08. The molecular formula is C13H16N2O. The first-order chi connectivity index (χ1) is 7.61. The Morgan fingerprint density at radius 1 is 1.31 bits per heavy atom. The Labute approximate surface area is 95.8 Å². The van der Waals surface area contributed by atoms with Crippen LogP contribution in [-0.4, -0.2) is 18.0 Å². The first kappa shape index (κ1) is 10.9. The van der Waals surface area contributed by atoms with E-state index >= 15 is 0 Å². The summed E-state index contributed by atoms with van der Waals surface area (Å²) in [7, 11) is 0. The lowest BCUT2D eigenvalue weighted by atomic mass is 10.1. The van der Waals surface area contributed by atoms with E-state index in [9.17, 15) is 4.79 Å². The van der Waals surface area contributed by atoms with Gasteiger partial charge in [-0.3, -0.25) is 5.01 Å². The van der Waals surface area contributed by atoms with Gasteiger partial charge < -0.3 is 4.79 Å². The highest BCUT2D eigenvalue weighted by Gasteiger charge is 2.25. The monoisotopic (exact) mass is 216 g/mol. The van der Waals surface area contributed by atoms with Crippen molar-refractivity contribution < 1.29 is 4.79 Å². The van der Waals surface area contributed by atoms with Crippen molar-refractivity contribution >= 4 is 17.7 Å². The number of benzene rings is 1. The van der Waals surface area contributed by atoms with Crippen LogP contribution in [0.2, 0.25) is 0 Å². The maximum absolute atomic E-state index is 11.0. The fourth-order valence-electron chi connectivity index (χ4n) is 1.91. The molecule has 1 atom stereocenters. The molecule has 1 aromatic carbocycles. The van der Waals surface area contributed by atoms with Crippen LogP contribution in [0.3, 0.4) is 0 Å². The molecule has 1 aromatic rings. The van der Waals surface area contributed by atoms with Crippen LogP contribution in [0.1, 0.15) is 24.5 Å². The van der Waals surface area contributed by atoms with E-state index in [0.717, 1.165) is 24.1 Å². The number of hydrogen-bond donors (Lipinski definition) is 0. The molecule has 0 amide bonds. The number of carbonyl (C=O) groups is 1. The molecule has 0 saturated carbocycles. The molecular weight excluding hydrogens is 200 g/mol. The van der Waals surface area contributed by atoms with E-state index < -0.39 is 0 Å². The third-order valence-electron chi connectivity index (χ3n) is 3.01. The number of aldehydes is 1. The predicted molar refractivity (Wildman–Crippen MR) is 66.0 cm³/mol. The van der Waals surface area contributed by atoms with E-state index in [1.807, 2.05) is 18.0 Å². The standard InChI is InChI=1S/C13H16N2O/c1-9-4-5-12(6-10(9)2)15-13(8-16)7-11(3)14-15/h4-6,8,13H,7H2,1-3H3. The molecule has 3 heteroatoms. The van der Waals surface area contributed by atoms with Gasteiger partial charge >= 0.3 is 0 Å². The number of anilines is 1. The van der Waals surface area contributed by atoms with Crippen LogP contribution < -0.4 is 5.01 Å². The molecule has 2 rings (SSSR count). The smallest absolute Gasteiger partial charge is 0.144 e. The molecule has 0 saturated heterocycles. The quantitative estimate of drug-likeness (QED) is 0.711. The minimum absolute atomic E-state index is 0.137. The number of rotatable bonds is 2. The fourth-order valence-corrected chi connectivity index (χ4v) is 1.91.